The van der Waals surface area contributed by atoms with E-state index in [1.54, 1.807) is 7.11 Å². The maximum Gasteiger partial charge on any atom is 0.124 e. The van der Waals surface area contributed by atoms with Crippen molar-refractivity contribution in [3.05, 3.63) is 28.8 Å². The molecule has 0 aliphatic carbocycles. The van der Waals surface area contributed by atoms with Gasteiger partial charge in [-0.1, -0.05) is 17.7 Å². The highest BCUT2D eigenvalue weighted by Crippen LogP contribution is 2.28. The summed E-state index contributed by atoms with van der Waals surface area (Å²) in [7, 11) is 3.88. The normalized spacial score (nSPS) is 19.3. The lowest BCUT2D eigenvalue weighted by Crippen LogP contribution is -2.32. The Morgan fingerprint density at radius 2 is 2.15 bits per heavy atom. The number of halogens is 2. The summed E-state index contributed by atoms with van der Waals surface area (Å²) < 4.78 is 5.42. The van der Waals surface area contributed by atoms with Crippen molar-refractivity contribution >= 4 is 24.0 Å². The van der Waals surface area contributed by atoms with Gasteiger partial charge in [-0.15, -0.1) is 12.4 Å². The summed E-state index contributed by atoms with van der Waals surface area (Å²) in [5.41, 5.74) is 1.09. The molecular formula is C15H24Cl2N2O. The van der Waals surface area contributed by atoms with Gasteiger partial charge in [-0.05, 0) is 51.5 Å². The highest BCUT2D eigenvalue weighted by molar-refractivity contribution is 6.31. The molecule has 1 aliphatic rings. The van der Waals surface area contributed by atoms with Crippen LogP contribution in [0, 0.1) is 0 Å². The Hall–Kier alpha value is -0.480. The minimum atomic E-state index is 0. The molecule has 5 heteroatoms. The molecule has 1 saturated heterocycles. The molecule has 1 aromatic rings. The first kappa shape index (κ1) is 17.6. The van der Waals surface area contributed by atoms with Crippen molar-refractivity contribution in [1.82, 2.24) is 10.2 Å². The average molecular weight is 319 g/mol. The third-order valence-corrected chi connectivity index (χ3v) is 4.23. The maximum atomic E-state index is 6.30. The summed E-state index contributed by atoms with van der Waals surface area (Å²) in [6.07, 6.45) is 3.69. The molecule has 0 bridgehead atoms. The maximum absolute atomic E-state index is 6.30. The molecule has 0 spiro atoms. The molecule has 0 aromatic heterocycles. The molecule has 0 amide bonds. The van der Waals surface area contributed by atoms with Gasteiger partial charge in [-0.2, -0.15) is 0 Å². The van der Waals surface area contributed by atoms with E-state index >= 15 is 0 Å². The number of hydrogen-bond acceptors (Lipinski definition) is 3. The van der Waals surface area contributed by atoms with Crippen molar-refractivity contribution in [3.8, 4) is 5.75 Å². The summed E-state index contributed by atoms with van der Waals surface area (Å²) >= 11 is 6.30. The first-order valence-electron chi connectivity index (χ1n) is 6.94. The van der Waals surface area contributed by atoms with Gasteiger partial charge in [0.05, 0.1) is 7.11 Å². The van der Waals surface area contributed by atoms with E-state index in [0.717, 1.165) is 36.0 Å². The van der Waals surface area contributed by atoms with Crippen molar-refractivity contribution in [2.24, 2.45) is 0 Å². The fraction of sp³-hybridized carbons (Fsp3) is 0.600. The topological polar surface area (TPSA) is 24.5 Å². The lowest BCUT2D eigenvalue weighted by Gasteiger charge is -2.27. The fourth-order valence-corrected chi connectivity index (χ4v) is 2.93. The highest BCUT2D eigenvalue weighted by Gasteiger charge is 2.19. The van der Waals surface area contributed by atoms with E-state index in [2.05, 4.69) is 17.3 Å². The molecule has 0 radical (unpaired) electrons. The van der Waals surface area contributed by atoms with Crippen molar-refractivity contribution in [3.63, 3.8) is 0 Å². The molecule has 1 aliphatic heterocycles. The van der Waals surface area contributed by atoms with Crippen LogP contribution in [0.25, 0.3) is 0 Å². The summed E-state index contributed by atoms with van der Waals surface area (Å²) in [5.74, 6) is 0.881. The molecule has 1 unspecified atom stereocenters. The number of nitrogens with zero attached hydrogens (tertiary/aromatic N) is 1. The Balaban J connectivity index is 0.00000200. The summed E-state index contributed by atoms with van der Waals surface area (Å²) in [6.45, 7) is 3.09. The summed E-state index contributed by atoms with van der Waals surface area (Å²) in [4.78, 5) is 2.40. The van der Waals surface area contributed by atoms with Gasteiger partial charge >= 0.3 is 0 Å². The quantitative estimate of drug-likeness (QED) is 0.921. The second kappa shape index (κ2) is 8.73. The molecule has 1 atom stereocenters. The second-order valence-electron chi connectivity index (χ2n) is 5.17. The number of hydrogen-bond donors (Lipinski definition) is 1. The van der Waals surface area contributed by atoms with E-state index in [9.17, 15) is 0 Å². The van der Waals surface area contributed by atoms with Crippen LogP contribution >= 0.6 is 24.0 Å². The molecule has 3 nitrogen and oxygen atoms in total. The predicted molar refractivity (Wildman–Crippen MR) is 87.2 cm³/mol. The molecule has 20 heavy (non-hydrogen) atoms. The van der Waals surface area contributed by atoms with Crippen LogP contribution in [-0.2, 0) is 6.54 Å². The molecule has 1 N–H and O–H groups in total. The smallest absolute Gasteiger partial charge is 0.124 e. The van der Waals surface area contributed by atoms with Crippen LogP contribution in [0.2, 0.25) is 5.02 Å². The van der Waals surface area contributed by atoms with Gasteiger partial charge in [0.1, 0.15) is 5.75 Å². The summed E-state index contributed by atoms with van der Waals surface area (Å²) in [5, 5.41) is 4.24. The fourth-order valence-electron chi connectivity index (χ4n) is 2.70. The van der Waals surface area contributed by atoms with E-state index in [-0.39, 0.29) is 12.4 Å². The van der Waals surface area contributed by atoms with Gasteiger partial charge in [-0.25, -0.2) is 0 Å². The van der Waals surface area contributed by atoms with E-state index < -0.39 is 0 Å². The Kier molecular flexibility index (Phi) is 7.67. The number of methoxy groups -OCH3 is 1. The van der Waals surface area contributed by atoms with Crippen molar-refractivity contribution in [1.29, 1.82) is 0 Å². The van der Waals surface area contributed by atoms with E-state index in [0.29, 0.717) is 6.04 Å². The van der Waals surface area contributed by atoms with E-state index in [1.165, 1.54) is 19.3 Å². The van der Waals surface area contributed by atoms with Gasteiger partial charge < -0.3 is 10.1 Å². The Morgan fingerprint density at radius 3 is 2.90 bits per heavy atom. The minimum Gasteiger partial charge on any atom is -0.496 e. The zero-order valence-electron chi connectivity index (χ0n) is 12.2. The number of nitrogens with one attached hydrogen (secondary N) is 1. The lowest BCUT2D eigenvalue weighted by atomic mass is 10.1. The SMILES string of the molecule is COc1cccc(Cl)c1CN(C)C1CCCNCC1.Cl. The van der Waals surface area contributed by atoms with Crippen LogP contribution in [0.3, 0.4) is 0 Å². The molecule has 1 fully saturated rings. The Bertz CT molecular complexity index is 407. The van der Waals surface area contributed by atoms with Gasteiger partial charge in [0, 0.05) is 23.2 Å². The van der Waals surface area contributed by atoms with Crippen LogP contribution in [0.15, 0.2) is 18.2 Å². The molecule has 1 aromatic carbocycles. The molecule has 0 saturated carbocycles. The molecular weight excluding hydrogens is 295 g/mol. The molecule has 114 valence electrons. The van der Waals surface area contributed by atoms with Crippen molar-refractivity contribution < 1.29 is 4.74 Å². The number of rotatable bonds is 4. The Labute approximate surface area is 133 Å². The van der Waals surface area contributed by atoms with Gasteiger partial charge in [0.25, 0.3) is 0 Å². The van der Waals surface area contributed by atoms with Crippen LogP contribution in [0.5, 0.6) is 5.75 Å². The van der Waals surface area contributed by atoms with Crippen molar-refractivity contribution in [2.45, 2.75) is 31.8 Å². The first-order chi connectivity index (χ1) is 9.22. The second-order valence-corrected chi connectivity index (χ2v) is 5.58. The summed E-state index contributed by atoms with van der Waals surface area (Å²) in [6, 6.07) is 6.46. The highest BCUT2D eigenvalue weighted by atomic mass is 35.5. The predicted octanol–water partition coefficient (Wildman–Crippen LogP) is 3.34. The third kappa shape index (κ3) is 4.52. The van der Waals surface area contributed by atoms with E-state index in [4.69, 9.17) is 16.3 Å². The monoisotopic (exact) mass is 318 g/mol. The standard InChI is InChI=1S/C15H23ClN2O.ClH/c1-18(12-5-4-9-17-10-8-12)11-13-14(16)6-3-7-15(13)19-2;/h3,6-7,12,17H,4-5,8-11H2,1-2H3;1H. The largest absolute Gasteiger partial charge is 0.496 e. The van der Waals surface area contributed by atoms with Gasteiger partial charge in [0.15, 0.2) is 0 Å². The van der Waals surface area contributed by atoms with Gasteiger partial charge in [-0.3, -0.25) is 4.90 Å². The van der Waals surface area contributed by atoms with Crippen molar-refractivity contribution in [2.75, 3.05) is 27.2 Å². The lowest BCUT2D eigenvalue weighted by molar-refractivity contribution is 0.214. The number of benzene rings is 1. The minimum absolute atomic E-state index is 0. The van der Waals surface area contributed by atoms with Crippen LogP contribution < -0.4 is 10.1 Å². The molecule has 1 heterocycles. The van der Waals surface area contributed by atoms with Gasteiger partial charge in [0.2, 0.25) is 0 Å². The zero-order chi connectivity index (χ0) is 13.7. The average Bonchev–Trinajstić information content (AvgIpc) is 2.70. The van der Waals surface area contributed by atoms with Crippen LogP contribution in [-0.4, -0.2) is 38.2 Å². The van der Waals surface area contributed by atoms with E-state index in [1.807, 2.05) is 18.2 Å². The number of ether oxygens (including phenoxy) is 1. The molecule has 2 rings (SSSR count). The zero-order valence-corrected chi connectivity index (χ0v) is 13.8. The first-order valence-corrected chi connectivity index (χ1v) is 7.32. The Morgan fingerprint density at radius 1 is 1.35 bits per heavy atom. The third-order valence-electron chi connectivity index (χ3n) is 3.87. The van der Waals surface area contributed by atoms with Crippen LogP contribution in [0.4, 0.5) is 0 Å². The van der Waals surface area contributed by atoms with Crippen LogP contribution in [0.1, 0.15) is 24.8 Å².